The van der Waals surface area contributed by atoms with E-state index in [0.717, 1.165) is 23.0 Å². The first-order chi connectivity index (χ1) is 13.5. The molecule has 0 bridgehead atoms. The second-order valence-corrected chi connectivity index (χ2v) is 7.06. The van der Waals surface area contributed by atoms with Gasteiger partial charge in [0.15, 0.2) is 11.6 Å². The van der Waals surface area contributed by atoms with Gasteiger partial charge in [0.2, 0.25) is 5.91 Å². The zero-order valence-corrected chi connectivity index (χ0v) is 15.9. The average molecular weight is 378 g/mol. The normalized spacial score (nSPS) is 16.1. The molecular weight excluding hydrogens is 356 g/mol. The third-order valence-corrected chi connectivity index (χ3v) is 5.09. The highest BCUT2D eigenvalue weighted by atomic mass is 16.2. The van der Waals surface area contributed by atoms with E-state index in [0.29, 0.717) is 19.6 Å². The number of pyridine rings is 2. The number of hydrogen-bond acceptors (Lipinski definition) is 5. The standard InChI is InChI=1S/C20H22N6O2/c1-14-6-5-8-19(28)25(14)11-9-18(27)24-12-15(2)26-17(13-24)22-23-20(26)16-7-3-4-10-21-16/h3-8,10,15H,9,11-13H2,1-2H3/t15-/m0/s1. The SMILES string of the molecule is Cc1cccc(=O)n1CCC(=O)N1Cc2nnc(-c3ccccn3)n2[C@@H](C)C1. The Hall–Kier alpha value is -3.29. The van der Waals surface area contributed by atoms with E-state index in [-0.39, 0.29) is 23.9 Å². The van der Waals surface area contributed by atoms with Gasteiger partial charge in [-0.25, -0.2) is 0 Å². The molecule has 0 aromatic carbocycles. The molecule has 0 N–H and O–H groups in total. The van der Waals surface area contributed by atoms with Crippen molar-refractivity contribution in [3.8, 4) is 11.5 Å². The summed E-state index contributed by atoms with van der Waals surface area (Å²) in [5, 5.41) is 8.58. The Kier molecular flexibility index (Phi) is 4.77. The summed E-state index contributed by atoms with van der Waals surface area (Å²) in [5.74, 6) is 1.48. The maximum absolute atomic E-state index is 12.8. The van der Waals surface area contributed by atoms with Gasteiger partial charge in [0.25, 0.3) is 5.56 Å². The van der Waals surface area contributed by atoms with Crippen LogP contribution < -0.4 is 5.56 Å². The lowest BCUT2D eigenvalue weighted by Crippen LogP contribution is -2.41. The predicted octanol–water partition coefficient (Wildman–Crippen LogP) is 1.80. The first kappa shape index (κ1) is 18.1. The van der Waals surface area contributed by atoms with Gasteiger partial charge < -0.3 is 14.0 Å². The van der Waals surface area contributed by atoms with E-state index in [1.54, 1.807) is 21.7 Å². The quantitative estimate of drug-likeness (QED) is 0.691. The highest BCUT2D eigenvalue weighted by Crippen LogP contribution is 2.26. The molecule has 0 fully saturated rings. The number of carbonyl (C=O) groups is 1. The van der Waals surface area contributed by atoms with Crippen LogP contribution in [0.15, 0.2) is 47.4 Å². The molecule has 1 atom stereocenters. The van der Waals surface area contributed by atoms with Gasteiger partial charge in [-0.3, -0.25) is 14.6 Å². The highest BCUT2D eigenvalue weighted by molar-refractivity contribution is 5.76. The molecule has 4 rings (SSSR count). The van der Waals surface area contributed by atoms with Crippen LogP contribution in [0.2, 0.25) is 0 Å². The van der Waals surface area contributed by atoms with Gasteiger partial charge in [0.05, 0.1) is 12.6 Å². The summed E-state index contributed by atoms with van der Waals surface area (Å²) in [6, 6.07) is 10.8. The minimum Gasteiger partial charge on any atom is -0.333 e. The smallest absolute Gasteiger partial charge is 0.250 e. The van der Waals surface area contributed by atoms with Crippen molar-refractivity contribution in [3.05, 3.63) is 64.5 Å². The number of aromatic nitrogens is 5. The van der Waals surface area contributed by atoms with E-state index < -0.39 is 0 Å². The van der Waals surface area contributed by atoms with Gasteiger partial charge >= 0.3 is 0 Å². The maximum Gasteiger partial charge on any atom is 0.250 e. The van der Waals surface area contributed by atoms with Crippen LogP contribution in [0.5, 0.6) is 0 Å². The van der Waals surface area contributed by atoms with Crippen molar-refractivity contribution in [3.63, 3.8) is 0 Å². The van der Waals surface area contributed by atoms with Crippen molar-refractivity contribution >= 4 is 5.91 Å². The number of nitrogens with zero attached hydrogens (tertiary/aromatic N) is 6. The molecule has 3 aromatic rings. The van der Waals surface area contributed by atoms with Crippen LogP contribution in [0.3, 0.4) is 0 Å². The third kappa shape index (κ3) is 3.33. The van der Waals surface area contributed by atoms with Crippen LogP contribution >= 0.6 is 0 Å². The molecule has 144 valence electrons. The molecule has 0 saturated carbocycles. The summed E-state index contributed by atoms with van der Waals surface area (Å²) in [6.07, 6.45) is 2.01. The average Bonchev–Trinajstić information content (AvgIpc) is 3.13. The highest BCUT2D eigenvalue weighted by Gasteiger charge is 2.29. The third-order valence-electron chi connectivity index (χ3n) is 5.09. The molecule has 1 aliphatic rings. The van der Waals surface area contributed by atoms with Crippen molar-refractivity contribution in [1.82, 2.24) is 29.2 Å². The Bertz CT molecular complexity index is 1060. The lowest BCUT2D eigenvalue weighted by molar-refractivity contribution is -0.133. The summed E-state index contributed by atoms with van der Waals surface area (Å²) in [6.45, 7) is 5.28. The van der Waals surface area contributed by atoms with E-state index in [4.69, 9.17) is 0 Å². The number of fused-ring (bicyclic) bond motifs is 1. The summed E-state index contributed by atoms with van der Waals surface area (Å²) < 4.78 is 3.69. The summed E-state index contributed by atoms with van der Waals surface area (Å²) in [7, 11) is 0. The van der Waals surface area contributed by atoms with Crippen molar-refractivity contribution in [2.75, 3.05) is 6.54 Å². The van der Waals surface area contributed by atoms with E-state index >= 15 is 0 Å². The van der Waals surface area contributed by atoms with Crippen LogP contribution in [0.1, 0.15) is 30.9 Å². The molecule has 28 heavy (non-hydrogen) atoms. The van der Waals surface area contributed by atoms with Crippen molar-refractivity contribution in [2.24, 2.45) is 0 Å². The number of hydrogen-bond donors (Lipinski definition) is 0. The van der Waals surface area contributed by atoms with Gasteiger partial charge in [-0.1, -0.05) is 12.1 Å². The molecule has 0 unspecified atom stereocenters. The Morgan fingerprint density at radius 1 is 1.18 bits per heavy atom. The van der Waals surface area contributed by atoms with Crippen LogP contribution in [0, 0.1) is 6.92 Å². The van der Waals surface area contributed by atoms with Crippen molar-refractivity contribution in [2.45, 2.75) is 39.4 Å². The second kappa shape index (κ2) is 7.38. The summed E-state index contributed by atoms with van der Waals surface area (Å²) in [5.41, 5.74) is 1.54. The minimum atomic E-state index is -0.0837. The fourth-order valence-corrected chi connectivity index (χ4v) is 3.67. The fraction of sp³-hybridized carbons (Fsp3) is 0.350. The topological polar surface area (TPSA) is 85.9 Å². The first-order valence-corrected chi connectivity index (χ1v) is 9.34. The van der Waals surface area contributed by atoms with Gasteiger partial charge in [0, 0.05) is 37.5 Å². The molecule has 0 spiro atoms. The Morgan fingerprint density at radius 2 is 2.04 bits per heavy atom. The molecule has 0 radical (unpaired) electrons. The van der Waals surface area contributed by atoms with E-state index in [1.807, 2.05) is 38.1 Å². The maximum atomic E-state index is 12.8. The van der Waals surface area contributed by atoms with Crippen LogP contribution in [0.4, 0.5) is 0 Å². The van der Waals surface area contributed by atoms with Gasteiger partial charge in [-0.2, -0.15) is 0 Å². The zero-order valence-electron chi connectivity index (χ0n) is 15.9. The number of carbonyl (C=O) groups excluding carboxylic acids is 1. The Labute approximate surface area is 162 Å². The second-order valence-electron chi connectivity index (χ2n) is 7.06. The fourth-order valence-electron chi connectivity index (χ4n) is 3.67. The molecular formula is C20H22N6O2. The first-order valence-electron chi connectivity index (χ1n) is 9.34. The monoisotopic (exact) mass is 378 g/mol. The molecule has 1 amide bonds. The lowest BCUT2D eigenvalue weighted by Gasteiger charge is -2.32. The number of rotatable bonds is 4. The van der Waals surface area contributed by atoms with Crippen LogP contribution in [-0.2, 0) is 17.9 Å². The van der Waals surface area contributed by atoms with Gasteiger partial charge in [-0.15, -0.1) is 10.2 Å². The zero-order chi connectivity index (χ0) is 19.7. The van der Waals surface area contributed by atoms with Crippen LogP contribution in [-0.4, -0.2) is 41.7 Å². The summed E-state index contributed by atoms with van der Waals surface area (Å²) >= 11 is 0. The van der Waals surface area contributed by atoms with Crippen LogP contribution in [0.25, 0.3) is 11.5 Å². The minimum absolute atomic E-state index is 0.00985. The van der Waals surface area contributed by atoms with E-state index in [2.05, 4.69) is 19.7 Å². The van der Waals surface area contributed by atoms with Crippen molar-refractivity contribution < 1.29 is 4.79 Å². The molecule has 0 saturated heterocycles. The predicted molar refractivity (Wildman–Crippen MR) is 103 cm³/mol. The van der Waals surface area contributed by atoms with E-state index in [9.17, 15) is 9.59 Å². The Balaban J connectivity index is 1.50. The number of amides is 1. The largest absolute Gasteiger partial charge is 0.333 e. The molecule has 1 aliphatic heterocycles. The number of aryl methyl sites for hydroxylation is 1. The van der Waals surface area contributed by atoms with Crippen molar-refractivity contribution in [1.29, 1.82) is 0 Å². The van der Waals surface area contributed by atoms with Gasteiger partial charge in [0.1, 0.15) is 5.69 Å². The molecule has 3 aromatic heterocycles. The lowest BCUT2D eigenvalue weighted by atomic mass is 10.2. The molecule has 0 aliphatic carbocycles. The molecule has 8 nitrogen and oxygen atoms in total. The Morgan fingerprint density at radius 3 is 2.79 bits per heavy atom. The van der Waals surface area contributed by atoms with Gasteiger partial charge in [-0.05, 0) is 32.0 Å². The molecule has 4 heterocycles. The summed E-state index contributed by atoms with van der Waals surface area (Å²) in [4.78, 5) is 30.9. The van der Waals surface area contributed by atoms with E-state index in [1.165, 1.54) is 6.07 Å². The molecule has 8 heteroatoms.